The first-order chi connectivity index (χ1) is 7.51. The van der Waals surface area contributed by atoms with Crippen molar-refractivity contribution in [2.75, 3.05) is 6.54 Å². The van der Waals surface area contributed by atoms with E-state index >= 15 is 0 Å². The molecule has 1 unspecified atom stereocenters. The lowest BCUT2D eigenvalue weighted by atomic mass is 9.85. The summed E-state index contributed by atoms with van der Waals surface area (Å²) < 4.78 is 0. The van der Waals surface area contributed by atoms with Gasteiger partial charge >= 0.3 is 0 Å². The number of amides is 1. The largest absolute Gasteiger partial charge is 0.393 e. The van der Waals surface area contributed by atoms with Crippen LogP contribution in [0.2, 0.25) is 0 Å². The van der Waals surface area contributed by atoms with Crippen molar-refractivity contribution in [1.82, 2.24) is 5.32 Å². The maximum atomic E-state index is 12.0. The van der Waals surface area contributed by atoms with Crippen molar-refractivity contribution in [2.45, 2.75) is 58.1 Å². The summed E-state index contributed by atoms with van der Waals surface area (Å²) in [5, 5.41) is 12.4. The molecular formula is C12H24N2O2. The second-order valence-electron chi connectivity index (χ2n) is 5.10. The molecule has 0 spiro atoms. The van der Waals surface area contributed by atoms with E-state index in [-0.39, 0.29) is 18.1 Å². The van der Waals surface area contributed by atoms with E-state index in [1.807, 2.05) is 13.8 Å². The van der Waals surface area contributed by atoms with E-state index in [0.29, 0.717) is 6.54 Å². The van der Waals surface area contributed by atoms with Gasteiger partial charge in [-0.15, -0.1) is 0 Å². The van der Waals surface area contributed by atoms with Crippen LogP contribution in [0.25, 0.3) is 0 Å². The fourth-order valence-electron chi connectivity index (χ4n) is 1.98. The van der Waals surface area contributed by atoms with Crippen LogP contribution in [0.15, 0.2) is 0 Å². The van der Waals surface area contributed by atoms with Crippen LogP contribution in [-0.2, 0) is 4.79 Å². The summed E-state index contributed by atoms with van der Waals surface area (Å²) in [5.41, 5.74) is 5.20. The minimum atomic E-state index is -0.448. The number of hydrogen-bond donors (Lipinski definition) is 3. The third-order valence-electron chi connectivity index (χ3n) is 3.81. The highest BCUT2D eigenvalue weighted by Gasteiger charge is 2.31. The summed E-state index contributed by atoms with van der Waals surface area (Å²) in [5.74, 6) is 0.0545. The van der Waals surface area contributed by atoms with E-state index in [4.69, 9.17) is 5.73 Å². The quantitative estimate of drug-likeness (QED) is 0.665. The lowest BCUT2D eigenvalue weighted by Crippen LogP contribution is -2.48. The molecular weight excluding hydrogens is 204 g/mol. The Kier molecular flexibility index (Phi) is 4.74. The molecule has 0 aromatic rings. The minimum Gasteiger partial charge on any atom is -0.393 e. The van der Waals surface area contributed by atoms with Crippen molar-refractivity contribution in [1.29, 1.82) is 0 Å². The maximum absolute atomic E-state index is 12.0. The van der Waals surface area contributed by atoms with Crippen LogP contribution in [-0.4, -0.2) is 29.7 Å². The predicted molar refractivity (Wildman–Crippen MR) is 63.9 cm³/mol. The molecule has 1 aliphatic carbocycles. The predicted octanol–water partition coefficient (Wildman–Crippen LogP) is 0.781. The summed E-state index contributed by atoms with van der Waals surface area (Å²) in [7, 11) is 0. The molecule has 0 heterocycles. The molecule has 94 valence electrons. The molecule has 1 rings (SSSR count). The molecule has 1 saturated carbocycles. The first-order valence-corrected chi connectivity index (χ1v) is 6.21. The normalized spacial score (nSPS) is 29.5. The highest BCUT2D eigenvalue weighted by Crippen LogP contribution is 2.23. The minimum absolute atomic E-state index is 0.0545. The Balaban J connectivity index is 2.45. The van der Waals surface area contributed by atoms with Gasteiger partial charge in [0, 0.05) is 12.6 Å². The van der Waals surface area contributed by atoms with Gasteiger partial charge in [0.1, 0.15) is 0 Å². The standard InChI is InChI=1S/C12H24N2O2/c1-3-12(2,8-13)11(16)14-9-4-6-10(15)7-5-9/h9-10,15H,3-8,13H2,1-2H3,(H,14,16). The summed E-state index contributed by atoms with van der Waals surface area (Å²) in [4.78, 5) is 12.0. The van der Waals surface area contributed by atoms with E-state index in [1.165, 1.54) is 0 Å². The fourth-order valence-corrected chi connectivity index (χ4v) is 1.98. The first-order valence-electron chi connectivity index (χ1n) is 6.21. The van der Waals surface area contributed by atoms with E-state index < -0.39 is 5.41 Å². The SMILES string of the molecule is CCC(C)(CN)C(=O)NC1CCC(O)CC1. The molecule has 0 aromatic carbocycles. The highest BCUT2D eigenvalue weighted by atomic mass is 16.3. The Morgan fingerprint density at radius 1 is 1.44 bits per heavy atom. The van der Waals surface area contributed by atoms with Crippen LogP contribution >= 0.6 is 0 Å². The summed E-state index contributed by atoms with van der Waals surface area (Å²) in [6.07, 6.45) is 3.90. The number of nitrogens with two attached hydrogens (primary N) is 1. The molecule has 0 bridgehead atoms. The van der Waals surface area contributed by atoms with Gasteiger partial charge in [-0.2, -0.15) is 0 Å². The zero-order valence-corrected chi connectivity index (χ0v) is 10.3. The monoisotopic (exact) mass is 228 g/mol. The highest BCUT2D eigenvalue weighted by molar-refractivity contribution is 5.82. The summed E-state index contributed by atoms with van der Waals surface area (Å²) >= 11 is 0. The van der Waals surface area contributed by atoms with Crippen molar-refractivity contribution in [2.24, 2.45) is 11.1 Å². The third-order valence-corrected chi connectivity index (χ3v) is 3.81. The van der Waals surface area contributed by atoms with Gasteiger partial charge in [-0.25, -0.2) is 0 Å². The third kappa shape index (κ3) is 3.19. The Morgan fingerprint density at radius 2 is 2.00 bits per heavy atom. The van der Waals surface area contributed by atoms with Gasteiger partial charge in [-0.1, -0.05) is 6.92 Å². The number of aliphatic hydroxyl groups is 1. The average Bonchev–Trinajstić information content (AvgIpc) is 2.31. The number of aliphatic hydroxyl groups excluding tert-OH is 1. The molecule has 4 nitrogen and oxygen atoms in total. The Bertz CT molecular complexity index is 231. The van der Waals surface area contributed by atoms with Crippen molar-refractivity contribution >= 4 is 5.91 Å². The van der Waals surface area contributed by atoms with Crippen LogP contribution < -0.4 is 11.1 Å². The Hall–Kier alpha value is -0.610. The van der Waals surface area contributed by atoms with E-state index in [1.54, 1.807) is 0 Å². The lowest BCUT2D eigenvalue weighted by molar-refractivity contribution is -0.131. The summed E-state index contributed by atoms with van der Waals surface area (Å²) in [6, 6.07) is 0.216. The van der Waals surface area contributed by atoms with Gasteiger partial charge in [0.2, 0.25) is 5.91 Å². The van der Waals surface area contributed by atoms with Crippen molar-refractivity contribution in [3.05, 3.63) is 0 Å². The summed E-state index contributed by atoms with van der Waals surface area (Å²) in [6.45, 7) is 4.27. The zero-order chi connectivity index (χ0) is 12.2. The van der Waals surface area contributed by atoms with Crippen LogP contribution in [0.5, 0.6) is 0 Å². The maximum Gasteiger partial charge on any atom is 0.227 e. The van der Waals surface area contributed by atoms with Crippen molar-refractivity contribution in [3.63, 3.8) is 0 Å². The first kappa shape index (κ1) is 13.5. The second-order valence-corrected chi connectivity index (χ2v) is 5.10. The number of nitrogens with one attached hydrogen (secondary N) is 1. The lowest BCUT2D eigenvalue weighted by Gasteiger charge is -2.31. The second kappa shape index (κ2) is 5.64. The van der Waals surface area contributed by atoms with Gasteiger partial charge in [0.05, 0.1) is 11.5 Å². The van der Waals surface area contributed by atoms with Gasteiger partial charge in [0.15, 0.2) is 0 Å². The molecule has 0 aliphatic heterocycles. The zero-order valence-electron chi connectivity index (χ0n) is 10.3. The number of rotatable bonds is 4. The van der Waals surface area contributed by atoms with E-state index in [0.717, 1.165) is 32.1 Å². The number of hydrogen-bond acceptors (Lipinski definition) is 3. The van der Waals surface area contributed by atoms with E-state index in [2.05, 4.69) is 5.32 Å². The molecule has 1 aliphatic rings. The van der Waals surface area contributed by atoms with Crippen molar-refractivity contribution < 1.29 is 9.90 Å². The van der Waals surface area contributed by atoms with Gasteiger partial charge in [0.25, 0.3) is 0 Å². The van der Waals surface area contributed by atoms with Gasteiger partial charge in [-0.05, 0) is 39.0 Å². The van der Waals surface area contributed by atoms with Crippen molar-refractivity contribution in [3.8, 4) is 0 Å². The molecule has 0 saturated heterocycles. The molecule has 4 heteroatoms. The Morgan fingerprint density at radius 3 is 2.44 bits per heavy atom. The molecule has 0 aromatic heterocycles. The number of carbonyl (C=O) groups excluding carboxylic acids is 1. The average molecular weight is 228 g/mol. The molecule has 1 amide bonds. The molecule has 1 atom stereocenters. The van der Waals surface area contributed by atoms with Crippen LogP contribution in [0, 0.1) is 5.41 Å². The van der Waals surface area contributed by atoms with E-state index in [9.17, 15) is 9.90 Å². The number of carbonyl (C=O) groups is 1. The molecule has 1 fully saturated rings. The molecule has 0 radical (unpaired) electrons. The Labute approximate surface area is 97.6 Å². The van der Waals surface area contributed by atoms with Gasteiger partial charge in [-0.3, -0.25) is 4.79 Å². The van der Waals surface area contributed by atoms with Crippen LogP contribution in [0.4, 0.5) is 0 Å². The van der Waals surface area contributed by atoms with Crippen LogP contribution in [0.3, 0.4) is 0 Å². The smallest absolute Gasteiger partial charge is 0.227 e. The molecule has 4 N–H and O–H groups in total. The fraction of sp³-hybridized carbons (Fsp3) is 0.917. The van der Waals surface area contributed by atoms with Crippen LogP contribution in [0.1, 0.15) is 46.0 Å². The molecule has 16 heavy (non-hydrogen) atoms. The topological polar surface area (TPSA) is 75.4 Å². The van der Waals surface area contributed by atoms with Gasteiger partial charge < -0.3 is 16.2 Å².